The Kier molecular flexibility index (Phi) is 12.1. The lowest BCUT2D eigenvalue weighted by Crippen LogP contribution is -1.97. The van der Waals surface area contributed by atoms with Gasteiger partial charge in [0.15, 0.2) is 0 Å². The summed E-state index contributed by atoms with van der Waals surface area (Å²) in [7, 11) is 0. The average Bonchev–Trinajstić information content (AvgIpc) is 2.58. The van der Waals surface area contributed by atoms with Crippen molar-refractivity contribution in [2.24, 2.45) is 0 Å². The molecule has 1 nitrogen and oxygen atoms in total. The van der Waals surface area contributed by atoms with Gasteiger partial charge in [-0.25, -0.2) is 0 Å². The van der Waals surface area contributed by atoms with Crippen molar-refractivity contribution in [3.05, 3.63) is 64.1 Å². The summed E-state index contributed by atoms with van der Waals surface area (Å²) < 4.78 is 6.78. The highest BCUT2D eigenvalue weighted by Crippen LogP contribution is 2.25. The summed E-state index contributed by atoms with van der Waals surface area (Å²) in [4.78, 5) is 0. The minimum Gasteiger partial charge on any atom is -0.489 e. The quantitative estimate of drug-likeness (QED) is 0.536. The first-order chi connectivity index (χ1) is 10.3. The van der Waals surface area contributed by atoms with Crippen molar-refractivity contribution in [3.63, 3.8) is 0 Å². The van der Waals surface area contributed by atoms with Gasteiger partial charge in [-0.2, -0.15) is 0 Å². The summed E-state index contributed by atoms with van der Waals surface area (Å²) in [5, 5.41) is 0. The summed E-state index contributed by atoms with van der Waals surface area (Å²) in [5.74, 6) is 1.29. The first-order valence-electron chi connectivity index (χ1n) is 7.30. The molecule has 0 radical (unpaired) electrons. The molecular weight excluding hydrogens is 348 g/mol. The van der Waals surface area contributed by atoms with E-state index >= 15 is 0 Å². The number of hydrogen-bond acceptors (Lipinski definition) is 1. The van der Waals surface area contributed by atoms with Crippen LogP contribution in [0.1, 0.15) is 38.8 Å². The van der Waals surface area contributed by atoms with Crippen molar-refractivity contribution in [2.75, 3.05) is 0 Å². The van der Waals surface area contributed by atoms with E-state index in [1.54, 1.807) is 0 Å². The Labute approximate surface area is 142 Å². The normalized spacial score (nSPS) is 8.86. The molecule has 3 heteroatoms. The molecule has 0 spiro atoms. The van der Waals surface area contributed by atoms with Crippen LogP contribution in [0.15, 0.2) is 53.0 Å². The molecule has 116 valence electrons. The van der Waals surface area contributed by atoms with E-state index in [4.69, 9.17) is 16.3 Å². The SMILES string of the molecule is CC.CC.ClCc1ccc(Br)cc1OCc1ccccc1. The van der Waals surface area contributed by atoms with Gasteiger partial charge in [0, 0.05) is 10.0 Å². The maximum Gasteiger partial charge on any atom is 0.125 e. The largest absolute Gasteiger partial charge is 0.489 e. The highest BCUT2D eigenvalue weighted by atomic mass is 79.9. The zero-order valence-corrected chi connectivity index (χ0v) is 15.5. The van der Waals surface area contributed by atoms with Gasteiger partial charge in [0.05, 0.1) is 5.88 Å². The van der Waals surface area contributed by atoms with E-state index < -0.39 is 0 Å². The second-order valence-corrected chi connectivity index (χ2v) is 4.84. The van der Waals surface area contributed by atoms with E-state index in [-0.39, 0.29) is 0 Å². The Morgan fingerprint density at radius 1 is 0.952 bits per heavy atom. The highest BCUT2D eigenvalue weighted by Gasteiger charge is 2.04. The zero-order valence-electron chi connectivity index (χ0n) is 13.2. The van der Waals surface area contributed by atoms with Crippen molar-refractivity contribution < 1.29 is 4.74 Å². The maximum atomic E-state index is 5.87. The van der Waals surface area contributed by atoms with Crippen LogP contribution in [0.25, 0.3) is 0 Å². The second kappa shape index (κ2) is 12.7. The third-order valence-electron chi connectivity index (χ3n) is 2.41. The smallest absolute Gasteiger partial charge is 0.125 e. The summed E-state index contributed by atoms with van der Waals surface area (Å²) in [6, 6.07) is 16.0. The van der Waals surface area contributed by atoms with Gasteiger partial charge in [-0.15, -0.1) is 11.6 Å². The van der Waals surface area contributed by atoms with Crippen LogP contribution in [0, 0.1) is 0 Å². The van der Waals surface area contributed by atoms with Crippen molar-refractivity contribution in [3.8, 4) is 5.75 Å². The first kappa shape index (κ1) is 20.0. The van der Waals surface area contributed by atoms with Gasteiger partial charge < -0.3 is 4.74 Å². The third-order valence-corrected chi connectivity index (χ3v) is 3.19. The minimum atomic E-state index is 0.456. The number of halogens is 2. The Morgan fingerprint density at radius 3 is 2.14 bits per heavy atom. The molecule has 0 aliphatic heterocycles. The number of benzene rings is 2. The van der Waals surface area contributed by atoms with E-state index in [1.807, 2.05) is 76.2 Å². The Bertz CT molecular complexity index is 486. The van der Waals surface area contributed by atoms with E-state index in [0.29, 0.717) is 12.5 Å². The molecule has 2 rings (SSSR count). The maximum absolute atomic E-state index is 5.87. The number of alkyl halides is 1. The number of hydrogen-bond donors (Lipinski definition) is 0. The molecule has 0 amide bonds. The Balaban J connectivity index is 0.000000921. The fourth-order valence-electron chi connectivity index (χ4n) is 1.51. The summed E-state index contributed by atoms with van der Waals surface area (Å²) in [6.45, 7) is 8.56. The molecule has 0 N–H and O–H groups in total. The van der Waals surface area contributed by atoms with Crippen molar-refractivity contribution in [1.82, 2.24) is 0 Å². The van der Waals surface area contributed by atoms with Crippen molar-refractivity contribution >= 4 is 27.5 Å². The molecule has 0 saturated carbocycles. The summed E-state index contributed by atoms with van der Waals surface area (Å²) in [6.07, 6.45) is 0. The molecule has 2 aromatic carbocycles. The standard InChI is InChI=1S/C14H12BrClO.2C2H6/c15-13-7-6-12(9-16)14(8-13)17-10-11-4-2-1-3-5-11;2*1-2/h1-8H,9-10H2;2*1-2H3. The molecule has 0 fully saturated rings. The zero-order chi connectivity index (χ0) is 16.1. The van der Waals surface area contributed by atoms with E-state index in [1.165, 1.54) is 0 Å². The van der Waals surface area contributed by atoms with Gasteiger partial charge in [0.25, 0.3) is 0 Å². The molecule has 2 aromatic rings. The Morgan fingerprint density at radius 2 is 1.57 bits per heavy atom. The molecule has 0 bridgehead atoms. The molecule has 0 atom stereocenters. The molecule has 0 heterocycles. The van der Waals surface area contributed by atoms with Gasteiger partial charge in [-0.3, -0.25) is 0 Å². The molecule has 0 unspecified atom stereocenters. The number of rotatable bonds is 4. The lowest BCUT2D eigenvalue weighted by Gasteiger charge is -2.10. The van der Waals surface area contributed by atoms with Crippen LogP contribution in [0.4, 0.5) is 0 Å². The molecule has 0 aromatic heterocycles. The minimum absolute atomic E-state index is 0.456. The van der Waals surface area contributed by atoms with Crippen LogP contribution in [-0.2, 0) is 12.5 Å². The fraction of sp³-hybridized carbons (Fsp3) is 0.333. The highest BCUT2D eigenvalue weighted by molar-refractivity contribution is 9.10. The van der Waals surface area contributed by atoms with Crippen molar-refractivity contribution in [2.45, 2.75) is 40.2 Å². The summed E-state index contributed by atoms with van der Waals surface area (Å²) >= 11 is 9.30. The van der Waals surface area contributed by atoms with Crippen LogP contribution < -0.4 is 4.74 Å². The third kappa shape index (κ3) is 7.54. The lowest BCUT2D eigenvalue weighted by atomic mass is 10.2. The van der Waals surface area contributed by atoms with Gasteiger partial charge in [-0.05, 0) is 17.7 Å². The number of ether oxygens (including phenoxy) is 1. The molecule has 0 aliphatic carbocycles. The second-order valence-electron chi connectivity index (χ2n) is 3.66. The molecular formula is C18H24BrClO. The first-order valence-corrected chi connectivity index (χ1v) is 8.63. The van der Waals surface area contributed by atoms with Gasteiger partial charge in [0.1, 0.15) is 12.4 Å². The predicted octanol–water partition coefficient (Wildman–Crippen LogP) is 6.82. The molecule has 0 saturated heterocycles. The monoisotopic (exact) mass is 370 g/mol. The van der Waals surface area contributed by atoms with Gasteiger partial charge in [0.2, 0.25) is 0 Å². The lowest BCUT2D eigenvalue weighted by molar-refractivity contribution is 0.303. The van der Waals surface area contributed by atoms with Crippen LogP contribution in [0.3, 0.4) is 0 Å². The van der Waals surface area contributed by atoms with Crippen LogP contribution in [-0.4, -0.2) is 0 Å². The topological polar surface area (TPSA) is 9.23 Å². The molecule has 21 heavy (non-hydrogen) atoms. The van der Waals surface area contributed by atoms with Crippen LogP contribution in [0.2, 0.25) is 0 Å². The average molecular weight is 372 g/mol. The Hall–Kier alpha value is -0.990. The van der Waals surface area contributed by atoms with Crippen LogP contribution >= 0.6 is 27.5 Å². The van der Waals surface area contributed by atoms with Gasteiger partial charge in [-0.1, -0.05) is 80.0 Å². The van der Waals surface area contributed by atoms with Crippen molar-refractivity contribution in [1.29, 1.82) is 0 Å². The van der Waals surface area contributed by atoms with E-state index in [9.17, 15) is 0 Å². The summed E-state index contributed by atoms with van der Waals surface area (Å²) in [5.41, 5.74) is 2.15. The van der Waals surface area contributed by atoms with Crippen LogP contribution in [0.5, 0.6) is 5.75 Å². The van der Waals surface area contributed by atoms with E-state index in [2.05, 4.69) is 15.9 Å². The van der Waals surface area contributed by atoms with Gasteiger partial charge >= 0.3 is 0 Å². The molecule has 0 aliphatic rings. The fourth-order valence-corrected chi connectivity index (χ4v) is 2.07. The predicted molar refractivity (Wildman–Crippen MR) is 97.2 cm³/mol. The van der Waals surface area contributed by atoms with E-state index in [0.717, 1.165) is 21.3 Å².